The van der Waals surface area contributed by atoms with Crippen LogP contribution in [0.4, 0.5) is 0 Å². The van der Waals surface area contributed by atoms with Gasteiger partial charge in [0.1, 0.15) is 0 Å². The molecule has 0 aromatic heterocycles. The van der Waals surface area contributed by atoms with Gasteiger partial charge in [-0.2, -0.15) is 0 Å². The Kier molecular flexibility index (Phi) is 7.86. The number of hydrogen-bond donors (Lipinski definition) is 1. The van der Waals surface area contributed by atoms with Crippen LogP contribution in [0, 0.1) is 19.8 Å². The van der Waals surface area contributed by atoms with Crippen LogP contribution in [0.3, 0.4) is 0 Å². The van der Waals surface area contributed by atoms with Crippen LogP contribution in [0.15, 0.2) is 18.2 Å². The van der Waals surface area contributed by atoms with E-state index in [1.807, 2.05) is 0 Å². The fraction of sp³-hybridized carbons (Fsp3) is 0.667. The smallest absolute Gasteiger partial charge is 0.0661 e. The van der Waals surface area contributed by atoms with Gasteiger partial charge >= 0.3 is 0 Å². The van der Waals surface area contributed by atoms with Crippen LogP contribution in [0.2, 0.25) is 0 Å². The highest BCUT2D eigenvalue weighted by molar-refractivity contribution is 5.32. The average Bonchev–Trinajstić information content (AvgIpc) is 2.38. The topological polar surface area (TPSA) is 21.3 Å². The molecule has 0 saturated carbocycles. The maximum Gasteiger partial charge on any atom is 0.0661 e. The number of nitrogens with one attached hydrogen (secondary N) is 1. The van der Waals surface area contributed by atoms with Gasteiger partial charge in [0, 0.05) is 6.61 Å². The van der Waals surface area contributed by atoms with E-state index in [-0.39, 0.29) is 0 Å². The normalized spacial score (nSPS) is 12.9. The first-order valence-corrected chi connectivity index (χ1v) is 7.92. The molecule has 2 nitrogen and oxygen atoms in total. The molecule has 0 amide bonds. The third kappa shape index (κ3) is 6.06. The summed E-state index contributed by atoms with van der Waals surface area (Å²) in [6, 6.07) is 6.99. The van der Waals surface area contributed by atoms with Crippen molar-refractivity contribution in [3.63, 3.8) is 0 Å². The first kappa shape index (κ1) is 17.2. The minimum absolute atomic E-state index is 0.308. The Balaban J connectivity index is 2.62. The second-order valence-corrected chi connectivity index (χ2v) is 6.12. The lowest BCUT2D eigenvalue weighted by Crippen LogP contribution is -2.27. The summed E-state index contributed by atoms with van der Waals surface area (Å²) in [6.07, 6.45) is 2.28. The van der Waals surface area contributed by atoms with E-state index in [0.29, 0.717) is 12.0 Å². The minimum Gasteiger partial charge on any atom is -0.379 e. The van der Waals surface area contributed by atoms with Crippen LogP contribution in [0.25, 0.3) is 0 Å². The second kappa shape index (κ2) is 9.15. The lowest BCUT2D eigenvalue weighted by Gasteiger charge is -2.21. The molecular formula is C18H31NO. The predicted molar refractivity (Wildman–Crippen MR) is 87.2 cm³/mol. The highest BCUT2D eigenvalue weighted by Gasteiger charge is 2.13. The van der Waals surface area contributed by atoms with Crippen LogP contribution in [-0.4, -0.2) is 19.8 Å². The summed E-state index contributed by atoms with van der Waals surface area (Å²) >= 11 is 0. The van der Waals surface area contributed by atoms with E-state index in [1.165, 1.54) is 16.7 Å². The van der Waals surface area contributed by atoms with Gasteiger partial charge in [0.25, 0.3) is 0 Å². The molecule has 1 aromatic rings. The van der Waals surface area contributed by atoms with Crippen molar-refractivity contribution in [3.05, 3.63) is 34.9 Å². The molecule has 1 atom stereocenters. The maximum absolute atomic E-state index is 5.88. The largest absolute Gasteiger partial charge is 0.379 e. The molecule has 1 unspecified atom stereocenters. The number of aryl methyl sites for hydroxylation is 2. The Morgan fingerprint density at radius 1 is 1.20 bits per heavy atom. The van der Waals surface area contributed by atoms with Gasteiger partial charge in [-0.15, -0.1) is 0 Å². The molecule has 114 valence electrons. The lowest BCUT2D eigenvalue weighted by molar-refractivity contribution is 0.102. The third-order valence-electron chi connectivity index (χ3n) is 3.57. The molecule has 0 saturated heterocycles. The highest BCUT2D eigenvalue weighted by Crippen LogP contribution is 2.19. The molecule has 1 aromatic carbocycles. The molecule has 2 heteroatoms. The summed E-state index contributed by atoms with van der Waals surface area (Å²) in [7, 11) is 0. The van der Waals surface area contributed by atoms with Gasteiger partial charge < -0.3 is 10.1 Å². The van der Waals surface area contributed by atoms with E-state index in [0.717, 1.165) is 32.6 Å². The summed E-state index contributed by atoms with van der Waals surface area (Å²) < 4.78 is 5.88. The SMILES string of the molecule is CCCNC(COCCC(C)C)c1ccc(C)cc1C. The minimum atomic E-state index is 0.308. The van der Waals surface area contributed by atoms with Crippen molar-refractivity contribution in [1.29, 1.82) is 0 Å². The first-order valence-electron chi connectivity index (χ1n) is 7.92. The molecule has 20 heavy (non-hydrogen) atoms. The molecule has 1 rings (SSSR count). The van der Waals surface area contributed by atoms with Crippen molar-refractivity contribution in [1.82, 2.24) is 5.32 Å². The van der Waals surface area contributed by atoms with Crippen molar-refractivity contribution in [2.24, 2.45) is 5.92 Å². The van der Waals surface area contributed by atoms with Crippen LogP contribution in [0.5, 0.6) is 0 Å². The molecule has 0 spiro atoms. The van der Waals surface area contributed by atoms with Crippen molar-refractivity contribution in [2.45, 2.75) is 53.5 Å². The molecule has 0 heterocycles. The molecule has 0 aliphatic carbocycles. The van der Waals surface area contributed by atoms with Crippen molar-refractivity contribution >= 4 is 0 Å². The lowest BCUT2D eigenvalue weighted by atomic mass is 9.99. The van der Waals surface area contributed by atoms with Gasteiger partial charge in [-0.25, -0.2) is 0 Å². The van der Waals surface area contributed by atoms with Crippen LogP contribution >= 0.6 is 0 Å². The molecule has 0 fully saturated rings. The Hall–Kier alpha value is -0.860. The third-order valence-corrected chi connectivity index (χ3v) is 3.57. The van der Waals surface area contributed by atoms with Gasteiger partial charge in [0.15, 0.2) is 0 Å². The Bertz CT molecular complexity index is 387. The van der Waals surface area contributed by atoms with Gasteiger partial charge in [-0.1, -0.05) is 44.5 Å². The highest BCUT2D eigenvalue weighted by atomic mass is 16.5. The summed E-state index contributed by atoms with van der Waals surface area (Å²) in [4.78, 5) is 0. The standard InChI is InChI=1S/C18H31NO/c1-6-10-19-18(13-20-11-9-14(2)3)17-8-7-15(4)12-16(17)5/h7-8,12,14,18-19H,6,9-11,13H2,1-5H3. The monoisotopic (exact) mass is 277 g/mol. The summed E-state index contributed by atoms with van der Waals surface area (Å²) in [5.74, 6) is 0.707. The molecule has 0 aliphatic heterocycles. The van der Waals surface area contributed by atoms with Crippen LogP contribution in [-0.2, 0) is 4.74 Å². The quantitative estimate of drug-likeness (QED) is 0.675. The zero-order chi connectivity index (χ0) is 15.0. The van der Waals surface area contributed by atoms with E-state index in [9.17, 15) is 0 Å². The van der Waals surface area contributed by atoms with E-state index < -0.39 is 0 Å². The summed E-state index contributed by atoms with van der Waals surface area (Å²) in [5, 5.41) is 3.61. The van der Waals surface area contributed by atoms with Gasteiger partial charge in [0.2, 0.25) is 0 Å². The summed E-state index contributed by atoms with van der Waals surface area (Å²) in [5.41, 5.74) is 4.04. The zero-order valence-corrected chi connectivity index (χ0v) is 13.8. The molecular weight excluding hydrogens is 246 g/mol. The van der Waals surface area contributed by atoms with Crippen molar-refractivity contribution in [2.75, 3.05) is 19.8 Å². The van der Waals surface area contributed by atoms with Crippen molar-refractivity contribution in [3.8, 4) is 0 Å². The van der Waals surface area contributed by atoms with E-state index in [4.69, 9.17) is 4.74 Å². The summed E-state index contributed by atoms with van der Waals surface area (Å²) in [6.45, 7) is 13.7. The van der Waals surface area contributed by atoms with Gasteiger partial charge in [-0.05, 0) is 50.3 Å². The number of rotatable bonds is 9. The Labute approximate surface area is 124 Å². The van der Waals surface area contributed by atoms with Crippen LogP contribution in [0.1, 0.15) is 56.3 Å². The number of hydrogen-bond acceptors (Lipinski definition) is 2. The molecule has 0 bridgehead atoms. The fourth-order valence-corrected chi connectivity index (χ4v) is 2.31. The molecule has 0 radical (unpaired) electrons. The average molecular weight is 277 g/mol. The molecule has 0 aliphatic rings. The maximum atomic E-state index is 5.88. The van der Waals surface area contributed by atoms with E-state index >= 15 is 0 Å². The van der Waals surface area contributed by atoms with E-state index in [1.54, 1.807) is 0 Å². The van der Waals surface area contributed by atoms with Crippen LogP contribution < -0.4 is 5.32 Å². The number of benzene rings is 1. The van der Waals surface area contributed by atoms with Crippen molar-refractivity contribution < 1.29 is 4.74 Å². The van der Waals surface area contributed by atoms with E-state index in [2.05, 4.69) is 58.1 Å². The predicted octanol–water partition coefficient (Wildman–Crippen LogP) is 4.41. The number of ether oxygens (including phenoxy) is 1. The van der Waals surface area contributed by atoms with Gasteiger partial charge in [-0.3, -0.25) is 0 Å². The zero-order valence-electron chi connectivity index (χ0n) is 13.8. The Morgan fingerprint density at radius 3 is 2.55 bits per heavy atom. The Morgan fingerprint density at radius 2 is 1.95 bits per heavy atom. The second-order valence-electron chi connectivity index (χ2n) is 6.12. The van der Waals surface area contributed by atoms with Gasteiger partial charge in [0.05, 0.1) is 12.6 Å². The fourth-order valence-electron chi connectivity index (χ4n) is 2.31. The first-order chi connectivity index (χ1) is 9.54. The molecule has 1 N–H and O–H groups in total.